The lowest BCUT2D eigenvalue weighted by molar-refractivity contribution is 0.592. The first-order valence-electron chi connectivity index (χ1n) is 6.18. The number of aryl methyl sites for hydroxylation is 1. The Morgan fingerprint density at radius 3 is 2.50 bits per heavy atom. The van der Waals surface area contributed by atoms with E-state index in [1.54, 1.807) is 6.07 Å². The van der Waals surface area contributed by atoms with Crippen molar-refractivity contribution >= 4 is 37.5 Å². The Morgan fingerprint density at radius 1 is 1.15 bits per heavy atom. The smallest absolute Gasteiger partial charge is 0.129 e. The summed E-state index contributed by atoms with van der Waals surface area (Å²) in [4.78, 5) is 0. The van der Waals surface area contributed by atoms with Crippen LogP contribution in [0, 0.1) is 12.7 Å². The van der Waals surface area contributed by atoms with Gasteiger partial charge < -0.3 is 11.1 Å². The molecule has 20 heavy (non-hydrogen) atoms. The van der Waals surface area contributed by atoms with Gasteiger partial charge in [0, 0.05) is 26.7 Å². The molecule has 1 unspecified atom stereocenters. The van der Waals surface area contributed by atoms with Gasteiger partial charge in [0.05, 0.1) is 6.04 Å². The molecule has 2 nitrogen and oxygen atoms in total. The fourth-order valence-corrected chi connectivity index (χ4v) is 3.01. The fourth-order valence-electron chi connectivity index (χ4n) is 2.07. The number of nitrogens with two attached hydrogens (primary N) is 1. The van der Waals surface area contributed by atoms with Crippen LogP contribution in [-0.2, 0) is 0 Å². The van der Waals surface area contributed by atoms with Gasteiger partial charge in [0.25, 0.3) is 0 Å². The monoisotopic (exact) mass is 400 g/mol. The third-order valence-electron chi connectivity index (χ3n) is 2.96. The summed E-state index contributed by atoms with van der Waals surface area (Å²) in [6, 6.07) is 10.7. The lowest BCUT2D eigenvalue weighted by Crippen LogP contribution is -2.21. The van der Waals surface area contributed by atoms with E-state index in [-0.39, 0.29) is 11.9 Å². The summed E-state index contributed by atoms with van der Waals surface area (Å²) >= 11 is 6.71. The Hall–Kier alpha value is -0.910. The van der Waals surface area contributed by atoms with Crippen molar-refractivity contribution in [3.05, 3.63) is 62.3 Å². The summed E-state index contributed by atoms with van der Waals surface area (Å²) in [5, 5.41) is 3.28. The van der Waals surface area contributed by atoms with Crippen LogP contribution < -0.4 is 11.1 Å². The average molecular weight is 402 g/mol. The van der Waals surface area contributed by atoms with E-state index in [9.17, 15) is 4.39 Å². The largest absolute Gasteiger partial charge is 0.377 e. The highest BCUT2D eigenvalue weighted by molar-refractivity contribution is 9.10. The Kier molecular flexibility index (Phi) is 5.18. The highest BCUT2D eigenvalue weighted by Gasteiger charge is 2.14. The van der Waals surface area contributed by atoms with Crippen molar-refractivity contribution in [2.24, 2.45) is 5.73 Å². The minimum atomic E-state index is -0.269. The molecule has 0 aromatic heterocycles. The molecule has 106 valence electrons. The van der Waals surface area contributed by atoms with Crippen molar-refractivity contribution in [2.45, 2.75) is 13.0 Å². The minimum Gasteiger partial charge on any atom is -0.377 e. The van der Waals surface area contributed by atoms with E-state index in [1.807, 2.05) is 31.2 Å². The number of hydrogen-bond donors (Lipinski definition) is 2. The van der Waals surface area contributed by atoms with E-state index in [4.69, 9.17) is 5.73 Å². The number of benzene rings is 2. The first-order chi connectivity index (χ1) is 9.49. The number of halogens is 3. The van der Waals surface area contributed by atoms with Crippen LogP contribution in [0.25, 0.3) is 0 Å². The van der Waals surface area contributed by atoms with Crippen molar-refractivity contribution in [1.29, 1.82) is 0 Å². The van der Waals surface area contributed by atoms with Crippen LogP contribution in [-0.4, -0.2) is 6.54 Å². The number of rotatable bonds is 4. The van der Waals surface area contributed by atoms with E-state index < -0.39 is 0 Å². The zero-order chi connectivity index (χ0) is 14.7. The van der Waals surface area contributed by atoms with E-state index in [0.29, 0.717) is 16.6 Å². The predicted molar refractivity (Wildman–Crippen MR) is 88.4 cm³/mol. The van der Waals surface area contributed by atoms with Crippen molar-refractivity contribution in [3.63, 3.8) is 0 Å². The van der Waals surface area contributed by atoms with Gasteiger partial charge in [-0.1, -0.05) is 37.9 Å². The maximum absolute atomic E-state index is 14.0. The van der Waals surface area contributed by atoms with Crippen molar-refractivity contribution in [2.75, 3.05) is 11.9 Å². The van der Waals surface area contributed by atoms with Gasteiger partial charge in [-0.2, -0.15) is 0 Å². The van der Waals surface area contributed by atoms with E-state index in [2.05, 4.69) is 37.2 Å². The molecule has 2 rings (SSSR count). The summed E-state index contributed by atoms with van der Waals surface area (Å²) in [7, 11) is 0. The van der Waals surface area contributed by atoms with Gasteiger partial charge in [-0.3, -0.25) is 0 Å². The zero-order valence-corrected chi connectivity index (χ0v) is 14.1. The first kappa shape index (κ1) is 15.5. The molecular weight excluding hydrogens is 387 g/mol. The summed E-state index contributed by atoms with van der Waals surface area (Å²) in [5.41, 5.74) is 8.38. The van der Waals surface area contributed by atoms with Crippen molar-refractivity contribution in [3.8, 4) is 0 Å². The second-order valence-corrected chi connectivity index (χ2v) is 6.45. The van der Waals surface area contributed by atoms with Crippen LogP contribution in [0.3, 0.4) is 0 Å². The van der Waals surface area contributed by atoms with Crippen LogP contribution in [0.4, 0.5) is 10.1 Å². The summed E-state index contributed by atoms with van der Waals surface area (Å²) in [6.45, 7) is 2.32. The first-order valence-corrected chi connectivity index (χ1v) is 7.77. The number of anilines is 1. The van der Waals surface area contributed by atoms with E-state index in [0.717, 1.165) is 15.7 Å². The molecule has 5 heteroatoms. The Balaban J connectivity index is 2.28. The highest BCUT2D eigenvalue weighted by Crippen LogP contribution is 2.26. The number of nitrogens with one attached hydrogen (secondary N) is 1. The zero-order valence-electron chi connectivity index (χ0n) is 11.0. The summed E-state index contributed by atoms with van der Waals surface area (Å²) in [6.07, 6.45) is 0. The van der Waals surface area contributed by atoms with Crippen LogP contribution >= 0.6 is 31.9 Å². The number of hydrogen-bond acceptors (Lipinski definition) is 2. The van der Waals surface area contributed by atoms with Gasteiger partial charge in [0.1, 0.15) is 5.82 Å². The Labute approximate surface area is 134 Å². The molecule has 2 aromatic carbocycles. The van der Waals surface area contributed by atoms with Crippen LogP contribution in [0.1, 0.15) is 17.2 Å². The highest BCUT2D eigenvalue weighted by atomic mass is 79.9. The van der Waals surface area contributed by atoms with Gasteiger partial charge in [-0.15, -0.1) is 0 Å². The average Bonchev–Trinajstić information content (AvgIpc) is 2.35. The van der Waals surface area contributed by atoms with Crippen LogP contribution in [0.15, 0.2) is 45.3 Å². The molecule has 2 aromatic rings. The lowest BCUT2D eigenvalue weighted by Gasteiger charge is -2.20. The quantitative estimate of drug-likeness (QED) is 0.774. The molecule has 0 aliphatic heterocycles. The molecule has 0 saturated heterocycles. The standard InChI is InChI=1S/C15H15Br2FN2/c1-9-4-11(17)6-12(5-9)20-15(8-19)13-3-2-10(16)7-14(13)18/h2-7,15,20H,8,19H2,1H3. The normalized spacial score (nSPS) is 12.2. The van der Waals surface area contributed by atoms with Gasteiger partial charge in [0.15, 0.2) is 0 Å². The molecule has 0 radical (unpaired) electrons. The van der Waals surface area contributed by atoms with Gasteiger partial charge in [-0.25, -0.2) is 4.39 Å². The molecule has 0 saturated carbocycles. The molecule has 0 fully saturated rings. The summed E-state index contributed by atoms with van der Waals surface area (Å²) < 4.78 is 15.7. The third kappa shape index (κ3) is 3.81. The molecule has 3 N–H and O–H groups in total. The Morgan fingerprint density at radius 2 is 1.90 bits per heavy atom. The molecular formula is C15H15Br2FN2. The molecule has 1 atom stereocenters. The molecule has 0 aliphatic carbocycles. The SMILES string of the molecule is Cc1cc(Br)cc(NC(CN)c2ccc(Br)cc2F)c1. The van der Waals surface area contributed by atoms with Gasteiger partial charge in [-0.05, 0) is 42.8 Å². The maximum Gasteiger partial charge on any atom is 0.129 e. The molecule has 0 aliphatic rings. The van der Waals surface area contributed by atoms with Gasteiger partial charge >= 0.3 is 0 Å². The second-order valence-electron chi connectivity index (χ2n) is 4.62. The van der Waals surface area contributed by atoms with Crippen LogP contribution in [0.2, 0.25) is 0 Å². The lowest BCUT2D eigenvalue weighted by atomic mass is 10.1. The van der Waals surface area contributed by atoms with Crippen molar-refractivity contribution in [1.82, 2.24) is 0 Å². The Bertz CT molecular complexity index is 597. The molecule has 0 amide bonds. The fraction of sp³-hybridized carbons (Fsp3) is 0.200. The van der Waals surface area contributed by atoms with Crippen LogP contribution in [0.5, 0.6) is 0 Å². The van der Waals surface area contributed by atoms with Crippen molar-refractivity contribution < 1.29 is 4.39 Å². The van der Waals surface area contributed by atoms with E-state index >= 15 is 0 Å². The van der Waals surface area contributed by atoms with E-state index in [1.165, 1.54) is 6.07 Å². The maximum atomic E-state index is 14.0. The minimum absolute atomic E-state index is 0.267. The molecule has 0 heterocycles. The topological polar surface area (TPSA) is 38.0 Å². The third-order valence-corrected chi connectivity index (χ3v) is 3.91. The molecule has 0 spiro atoms. The second kappa shape index (κ2) is 6.70. The summed E-state index contributed by atoms with van der Waals surface area (Å²) in [5.74, 6) is -0.269. The van der Waals surface area contributed by atoms with Gasteiger partial charge in [0.2, 0.25) is 0 Å². The predicted octanol–water partition coefficient (Wildman–Crippen LogP) is 4.77. The molecule has 0 bridgehead atoms.